The van der Waals surface area contributed by atoms with Crippen LogP contribution < -0.4 is 0 Å². The average Bonchev–Trinajstić information content (AvgIpc) is 3.54. The summed E-state index contributed by atoms with van der Waals surface area (Å²) in [7, 11) is 0. The van der Waals surface area contributed by atoms with Gasteiger partial charge in [-0.05, 0) is 59.4 Å². The summed E-state index contributed by atoms with van der Waals surface area (Å²) >= 11 is 1.51. The van der Waals surface area contributed by atoms with Crippen molar-refractivity contribution in [2.75, 3.05) is 0 Å². The van der Waals surface area contributed by atoms with Gasteiger partial charge in [-0.3, -0.25) is 12.2 Å². The molecule has 232 valence electrons. The van der Waals surface area contributed by atoms with Crippen LogP contribution in [0.1, 0.15) is 61.3 Å². The Morgan fingerprint density at radius 3 is 1.00 bits per heavy atom. The summed E-state index contributed by atoms with van der Waals surface area (Å²) in [5, 5.41) is 17.2. The van der Waals surface area contributed by atoms with Crippen LogP contribution in [0.3, 0.4) is 0 Å². The second-order valence-corrected chi connectivity index (χ2v) is 11.6. The quantitative estimate of drug-likeness (QED) is 0.280. The molecule has 0 spiro atoms. The normalized spacial score (nSPS) is 11.9. The third-order valence-electron chi connectivity index (χ3n) is 4.66. The van der Waals surface area contributed by atoms with E-state index in [2.05, 4.69) is 81.7 Å². The molecule has 0 saturated carbocycles. The zero-order chi connectivity index (χ0) is 28.5. The number of aromatic hydroxyl groups is 2. The fourth-order valence-corrected chi connectivity index (χ4v) is 2.72. The molecule has 0 aromatic heterocycles. The Kier molecular flexibility index (Phi) is 29.9. The average molecular weight is 646 g/mol. The van der Waals surface area contributed by atoms with Gasteiger partial charge in [-0.25, -0.2) is 32.1 Å². The Balaban J connectivity index is -0.000000132. The van der Waals surface area contributed by atoms with Crippen LogP contribution >= 0.6 is 0 Å². The summed E-state index contributed by atoms with van der Waals surface area (Å²) in [5.41, 5.74) is 3.30. The summed E-state index contributed by atoms with van der Waals surface area (Å²) < 4.78 is 26.0. The molecule has 0 radical (unpaired) electrons. The summed E-state index contributed by atoms with van der Waals surface area (Å²) in [5.74, 6) is -0.483. The molecule has 0 bridgehead atoms. The summed E-state index contributed by atoms with van der Waals surface area (Å²) in [6.45, 7) is 15.3. The Bertz CT molecular complexity index is 909. The van der Waals surface area contributed by atoms with Crippen molar-refractivity contribution in [1.82, 2.24) is 0 Å². The van der Waals surface area contributed by atoms with Gasteiger partial charge in [0.05, 0.1) is 0 Å². The van der Waals surface area contributed by atoms with Crippen molar-refractivity contribution in [3.63, 3.8) is 0 Å². The van der Waals surface area contributed by atoms with E-state index in [1.807, 2.05) is 6.92 Å². The van der Waals surface area contributed by atoms with Crippen LogP contribution in [0.5, 0.6) is 11.5 Å². The second-order valence-electron chi connectivity index (χ2n) is 10.1. The van der Waals surface area contributed by atoms with E-state index in [9.17, 15) is 8.78 Å². The van der Waals surface area contributed by atoms with E-state index >= 15 is 0 Å². The molecule has 2 nitrogen and oxygen atoms in total. The molecule has 0 unspecified atom stereocenters. The van der Waals surface area contributed by atoms with Gasteiger partial charge in [0.2, 0.25) is 0 Å². The SMILES string of the molecule is CC(C)(C)C1=[C-]CC=C1.CC(C)(C)C1=[C-]CC=C1.C[CH]=[Zr].Oc1ccc(F)cc1.Oc1ccc(F)cc1.[CH3-].[CH3-].[CH3-].[CH3-]. The number of phenols is 2. The molecule has 0 fully saturated rings. The predicted molar refractivity (Wildman–Crippen MR) is 173 cm³/mol. The Labute approximate surface area is 267 Å². The van der Waals surface area contributed by atoms with Gasteiger partial charge in [0, 0.05) is 0 Å². The van der Waals surface area contributed by atoms with E-state index in [-0.39, 0.29) is 52.8 Å². The van der Waals surface area contributed by atoms with E-state index in [4.69, 9.17) is 10.2 Å². The van der Waals surface area contributed by atoms with Gasteiger partial charge in [-0.1, -0.05) is 41.5 Å². The summed E-state index contributed by atoms with van der Waals surface area (Å²) in [6, 6.07) is 10.0. The summed E-state index contributed by atoms with van der Waals surface area (Å²) in [4.78, 5) is 0. The first kappa shape index (κ1) is 48.3. The van der Waals surface area contributed by atoms with Crippen molar-refractivity contribution in [2.45, 2.75) is 61.3 Å². The maximum absolute atomic E-state index is 12.0. The van der Waals surface area contributed by atoms with E-state index in [1.54, 1.807) is 0 Å². The Morgan fingerprint density at radius 2 is 0.878 bits per heavy atom. The maximum atomic E-state index is 12.0. The van der Waals surface area contributed by atoms with E-state index in [0.29, 0.717) is 10.8 Å². The van der Waals surface area contributed by atoms with Crippen molar-refractivity contribution in [1.29, 1.82) is 0 Å². The standard InChI is InChI=1S/2C9H13.2C6H5FO.C2H4.4CH3.Zr/c2*1-9(2,3)8-6-4-5-7-8;2*7-5-1-3-6(8)4-2-5;1-2;;;;;/h2*4,6H,5H2,1-3H3;2*1-4,8H;1H,2H3;4*1H3;/q2*-1;;;;4*-1;. The monoisotopic (exact) mass is 644 g/mol. The van der Waals surface area contributed by atoms with Gasteiger partial charge < -0.3 is 39.9 Å². The van der Waals surface area contributed by atoms with Crippen LogP contribution in [-0.2, 0) is 24.2 Å². The molecule has 0 amide bonds. The van der Waals surface area contributed by atoms with Crippen LogP contribution in [0, 0.1) is 64.3 Å². The van der Waals surface area contributed by atoms with Crippen LogP contribution in [0.15, 0.2) is 84.0 Å². The number of halogens is 2. The zero-order valence-electron chi connectivity index (χ0n) is 27.1. The molecule has 2 aromatic rings. The van der Waals surface area contributed by atoms with Gasteiger partial charge in [-0.15, -0.1) is 12.8 Å². The number of benzene rings is 2. The third-order valence-corrected chi connectivity index (χ3v) is 4.66. The topological polar surface area (TPSA) is 40.5 Å². The number of phenolic OH excluding ortho intramolecular Hbond substituents is 2. The van der Waals surface area contributed by atoms with Crippen LogP contribution in [0.25, 0.3) is 0 Å². The largest absolute Gasteiger partial charge is 0.508 e. The molecular formula is C36H52F2O2Zr-6. The first-order valence-electron chi connectivity index (χ1n) is 12.1. The fraction of sp³-hybridized carbons (Fsp3) is 0.306. The van der Waals surface area contributed by atoms with Crippen molar-refractivity contribution in [3.8, 4) is 11.5 Å². The Morgan fingerprint density at radius 1 is 0.634 bits per heavy atom. The number of hydrogen-bond acceptors (Lipinski definition) is 2. The van der Waals surface area contributed by atoms with Crippen LogP contribution in [0.2, 0.25) is 0 Å². The van der Waals surface area contributed by atoms with Crippen molar-refractivity contribution in [2.24, 2.45) is 10.8 Å². The minimum atomic E-state index is -0.331. The molecule has 4 rings (SSSR count). The minimum Gasteiger partial charge on any atom is -0.508 e. The number of hydrogen-bond donors (Lipinski definition) is 2. The van der Waals surface area contributed by atoms with E-state index < -0.39 is 0 Å². The molecule has 2 aromatic carbocycles. The Hall–Kier alpha value is -2.39. The molecule has 41 heavy (non-hydrogen) atoms. The van der Waals surface area contributed by atoms with E-state index in [0.717, 1.165) is 12.8 Å². The third kappa shape index (κ3) is 25.1. The van der Waals surface area contributed by atoms with Crippen molar-refractivity contribution in [3.05, 3.63) is 137 Å². The molecule has 0 aliphatic heterocycles. The maximum Gasteiger partial charge on any atom is 0.123 e. The van der Waals surface area contributed by atoms with Gasteiger partial charge in [0.25, 0.3) is 0 Å². The van der Waals surface area contributed by atoms with Gasteiger partial charge in [-0.2, -0.15) is 12.2 Å². The first-order chi connectivity index (χ1) is 17.2. The van der Waals surface area contributed by atoms with Crippen molar-refractivity contribution >= 4 is 3.71 Å². The molecule has 2 aliphatic carbocycles. The van der Waals surface area contributed by atoms with Crippen LogP contribution in [-0.4, -0.2) is 13.9 Å². The smallest absolute Gasteiger partial charge is 0.123 e. The molecule has 2 N–H and O–H groups in total. The predicted octanol–water partition coefficient (Wildman–Crippen LogP) is 10.7. The van der Waals surface area contributed by atoms with Gasteiger partial charge in [0.15, 0.2) is 0 Å². The second kappa shape index (κ2) is 25.3. The molecule has 2 aliphatic rings. The molecule has 5 heteroatoms. The summed E-state index contributed by atoms with van der Waals surface area (Å²) in [6.07, 6.45) is 17.3. The molecule has 0 atom stereocenters. The fourth-order valence-electron chi connectivity index (χ4n) is 2.72. The van der Waals surface area contributed by atoms with Gasteiger partial charge in [0.1, 0.15) is 23.1 Å². The van der Waals surface area contributed by atoms with E-state index in [1.165, 1.54) is 83.9 Å². The van der Waals surface area contributed by atoms with Crippen molar-refractivity contribution < 1.29 is 43.2 Å². The zero-order valence-corrected chi connectivity index (χ0v) is 29.5. The number of rotatable bonds is 0. The minimum absolute atomic E-state index is 0. The number of allylic oxidation sites excluding steroid dienone is 8. The molecule has 0 saturated heterocycles. The molecule has 0 heterocycles. The molecular weight excluding hydrogens is 594 g/mol. The first-order valence-corrected chi connectivity index (χ1v) is 13.5. The van der Waals surface area contributed by atoms with Crippen LogP contribution in [0.4, 0.5) is 8.78 Å². The van der Waals surface area contributed by atoms with Gasteiger partial charge >= 0.3 is 34.9 Å².